The molecule has 1 fully saturated rings. The van der Waals surface area contributed by atoms with E-state index in [1.807, 2.05) is 13.8 Å². The highest BCUT2D eigenvalue weighted by Gasteiger charge is 2.30. The zero-order valence-electron chi connectivity index (χ0n) is 14.7. The zero-order valence-corrected chi connectivity index (χ0v) is 15.5. The molecule has 1 aromatic rings. The predicted octanol–water partition coefficient (Wildman–Crippen LogP) is 1.02. The van der Waals surface area contributed by atoms with E-state index in [4.69, 9.17) is 10.5 Å². The van der Waals surface area contributed by atoms with Crippen LogP contribution in [0.4, 0.5) is 10.5 Å². The normalized spacial score (nSPS) is 21.0. The van der Waals surface area contributed by atoms with Crippen LogP contribution in [0.5, 0.6) is 5.75 Å². The second kappa shape index (κ2) is 7.02. The number of anilines is 1. The number of rotatable bonds is 4. The van der Waals surface area contributed by atoms with Gasteiger partial charge < -0.3 is 20.7 Å². The number of likely N-dealkylation sites (tertiary alicyclic amines) is 1. The molecule has 10 heteroatoms. The van der Waals surface area contributed by atoms with Crippen LogP contribution in [0.1, 0.15) is 32.3 Å². The molecule has 9 nitrogen and oxygen atoms in total. The molecule has 0 spiro atoms. The molecule has 0 aliphatic carbocycles. The third-order valence-corrected chi connectivity index (χ3v) is 5.14. The van der Waals surface area contributed by atoms with Crippen molar-refractivity contribution < 1.29 is 17.9 Å². The summed E-state index contributed by atoms with van der Waals surface area (Å²) in [5.41, 5.74) is 6.56. The van der Waals surface area contributed by atoms with Gasteiger partial charge in [0, 0.05) is 12.6 Å². The van der Waals surface area contributed by atoms with E-state index in [1.54, 1.807) is 23.1 Å². The average Bonchev–Trinajstić information content (AvgIpc) is 2.99. The molecule has 4 N–H and O–H groups in total. The molecule has 142 valence electrons. The van der Waals surface area contributed by atoms with Crippen molar-refractivity contribution in [2.75, 3.05) is 17.9 Å². The Bertz CT molecular complexity index is 837. The van der Waals surface area contributed by atoms with E-state index in [-0.39, 0.29) is 24.0 Å². The van der Waals surface area contributed by atoms with Gasteiger partial charge in [0.1, 0.15) is 12.4 Å². The number of nitrogens with two attached hydrogens (primary N) is 1. The summed E-state index contributed by atoms with van der Waals surface area (Å²) in [4.78, 5) is 14.1. The molecule has 2 heterocycles. The van der Waals surface area contributed by atoms with Crippen LogP contribution < -0.4 is 20.5 Å². The standard InChI is InChI=1S/C16H23N5O4S/c1-10(2)18-16(22)21-8-4-5-11(21)9-25-13-7-3-6-12-14(13)15(17)20-26(23,24)19-12/h3,6-7,10-11,19H,4-5,8-9H2,1-2H3,(H2,17,20)(H,18,22)/t11-/m1/s1. The molecular formula is C16H23N5O4S. The van der Waals surface area contributed by atoms with E-state index in [2.05, 4.69) is 14.4 Å². The van der Waals surface area contributed by atoms with Gasteiger partial charge in [0.2, 0.25) is 0 Å². The van der Waals surface area contributed by atoms with Gasteiger partial charge in [-0.3, -0.25) is 4.72 Å². The number of nitrogens with zero attached hydrogens (tertiary/aromatic N) is 2. The van der Waals surface area contributed by atoms with Crippen LogP contribution in [0, 0.1) is 0 Å². The predicted molar refractivity (Wildman–Crippen MR) is 98.6 cm³/mol. The highest BCUT2D eigenvalue weighted by atomic mass is 32.2. The number of benzene rings is 1. The minimum atomic E-state index is -3.83. The van der Waals surface area contributed by atoms with Gasteiger partial charge in [-0.15, -0.1) is 4.40 Å². The molecule has 1 aromatic carbocycles. The van der Waals surface area contributed by atoms with Crippen molar-refractivity contribution in [1.82, 2.24) is 10.2 Å². The Labute approximate surface area is 152 Å². The zero-order chi connectivity index (χ0) is 18.9. The van der Waals surface area contributed by atoms with Crippen molar-refractivity contribution in [3.05, 3.63) is 23.8 Å². The Balaban J connectivity index is 1.74. The fourth-order valence-corrected chi connectivity index (χ4v) is 3.97. The van der Waals surface area contributed by atoms with Crippen molar-refractivity contribution in [2.45, 2.75) is 38.8 Å². The summed E-state index contributed by atoms with van der Waals surface area (Å²) in [5.74, 6) is 0.317. The minimum absolute atomic E-state index is 0.0527. The second-order valence-corrected chi connectivity index (χ2v) is 7.97. The van der Waals surface area contributed by atoms with Gasteiger partial charge in [0.15, 0.2) is 5.84 Å². The quantitative estimate of drug-likeness (QED) is 0.718. The number of urea groups is 1. The van der Waals surface area contributed by atoms with Crippen molar-refractivity contribution in [3.63, 3.8) is 0 Å². The van der Waals surface area contributed by atoms with Crippen LogP contribution >= 0.6 is 0 Å². The maximum atomic E-state index is 12.3. The molecule has 1 atom stereocenters. The fraction of sp³-hybridized carbons (Fsp3) is 0.500. The van der Waals surface area contributed by atoms with Crippen molar-refractivity contribution >= 4 is 27.8 Å². The van der Waals surface area contributed by atoms with Crippen LogP contribution in [0.25, 0.3) is 0 Å². The van der Waals surface area contributed by atoms with E-state index < -0.39 is 10.2 Å². The Morgan fingerprint density at radius 2 is 2.27 bits per heavy atom. The highest BCUT2D eigenvalue weighted by molar-refractivity contribution is 7.91. The largest absolute Gasteiger partial charge is 0.491 e. The van der Waals surface area contributed by atoms with Gasteiger partial charge in [0.25, 0.3) is 0 Å². The smallest absolute Gasteiger partial charge is 0.344 e. The molecule has 2 aliphatic rings. The van der Waals surface area contributed by atoms with E-state index in [0.717, 1.165) is 12.8 Å². The lowest BCUT2D eigenvalue weighted by atomic mass is 10.1. The van der Waals surface area contributed by atoms with E-state index in [9.17, 15) is 13.2 Å². The van der Waals surface area contributed by atoms with Crippen LogP contribution in [0.15, 0.2) is 22.6 Å². The first-order valence-corrected chi connectivity index (χ1v) is 9.92. The summed E-state index contributed by atoms with van der Waals surface area (Å²) in [6, 6.07) is 4.88. The molecule has 1 saturated heterocycles. The lowest BCUT2D eigenvalue weighted by molar-refractivity contribution is 0.163. The summed E-state index contributed by atoms with van der Waals surface area (Å²) >= 11 is 0. The third-order valence-electron chi connectivity index (χ3n) is 4.22. The Kier molecular flexibility index (Phi) is 4.94. The number of ether oxygens (including phenoxy) is 1. The SMILES string of the molecule is CC(C)NC(=O)N1CCC[C@@H]1COc1cccc2c1C(N)=NS(=O)(=O)N2. The van der Waals surface area contributed by atoms with Crippen LogP contribution in [-0.2, 0) is 10.2 Å². The van der Waals surface area contributed by atoms with Gasteiger partial charge in [-0.2, -0.15) is 8.42 Å². The highest BCUT2D eigenvalue weighted by Crippen LogP contribution is 2.31. The molecule has 3 rings (SSSR count). The second-order valence-electron chi connectivity index (χ2n) is 6.64. The number of hydrogen-bond acceptors (Lipinski definition) is 5. The van der Waals surface area contributed by atoms with Crippen molar-refractivity contribution in [3.8, 4) is 5.75 Å². The lowest BCUT2D eigenvalue weighted by Gasteiger charge is -2.27. The Morgan fingerprint density at radius 1 is 1.50 bits per heavy atom. The van der Waals surface area contributed by atoms with Crippen LogP contribution in [0.3, 0.4) is 0 Å². The first kappa shape index (κ1) is 18.3. The molecule has 0 radical (unpaired) electrons. The number of amides is 2. The summed E-state index contributed by atoms with van der Waals surface area (Å²) in [6.45, 7) is 4.81. The average molecular weight is 381 g/mol. The summed E-state index contributed by atoms with van der Waals surface area (Å²) < 4.78 is 35.0. The Morgan fingerprint density at radius 3 is 3.00 bits per heavy atom. The first-order chi connectivity index (χ1) is 12.3. The van der Waals surface area contributed by atoms with Crippen molar-refractivity contribution in [1.29, 1.82) is 0 Å². The molecule has 2 aliphatic heterocycles. The first-order valence-electron chi connectivity index (χ1n) is 8.48. The summed E-state index contributed by atoms with van der Waals surface area (Å²) in [7, 11) is -3.83. The molecule has 0 aromatic heterocycles. The lowest BCUT2D eigenvalue weighted by Crippen LogP contribution is -2.47. The molecule has 0 bridgehead atoms. The maximum Gasteiger partial charge on any atom is 0.344 e. The topological polar surface area (TPSA) is 126 Å². The number of hydrogen-bond donors (Lipinski definition) is 3. The fourth-order valence-electron chi connectivity index (χ4n) is 3.13. The monoisotopic (exact) mass is 381 g/mol. The van der Waals surface area contributed by atoms with Gasteiger partial charge >= 0.3 is 16.2 Å². The van der Waals surface area contributed by atoms with E-state index in [0.29, 0.717) is 30.2 Å². The number of amidine groups is 1. The van der Waals surface area contributed by atoms with Crippen LogP contribution in [-0.4, -0.2) is 50.4 Å². The van der Waals surface area contributed by atoms with Gasteiger partial charge in [-0.1, -0.05) is 6.07 Å². The van der Waals surface area contributed by atoms with Gasteiger partial charge in [-0.05, 0) is 38.8 Å². The summed E-state index contributed by atoms with van der Waals surface area (Å²) in [5, 5.41) is 2.89. The number of fused-ring (bicyclic) bond motifs is 1. The summed E-state index contributed by atoms with van der Waals surface area (Å²) in [6.07, 6.45) is 1.76. The molecule has 0 saturated carbocycles. The van der Waals surface area contributed by atoms with E-state index in [1.165, 1.54) is 0 Å². The molecular weight excluding hydrogens is 358 g/mol. The number of nitrogens with one attached hydrogen (secondary N) is 2. The van der Waals surface area contributed by atoms with Crippen molar-refractivity contribution in [2.24, 2.45) is 10.1 Å². The number of carbonyl (C=O) groups excluding carboxylic acids is 1. The maximum absolute atomic E-state index is 12.3. The Hall–Kier alpha value is -2.49. The minimum Gasteiger partial charge on any atom is -0.491 e. The van der Waals surface area contributed by atoms with Gasteiger partial charge in [0.05, 0.1) is 17.3 Å². The molecule has 0 unspecified atom stereocenters. The van der Waals surface area contributed by atoms with Crippen LogP contribution in [0.2, 0.25) is 0 Å². The molecule has 2 amide bonds. The van der Waals surface area contributed by atoms with Gasteiger partial charge in [-0.25, -0.2) is 4.79 Å². The number of carbonyl (C=O) groups is 1. The third kappa shape index (κ3) is 3.85. The molecule has 26 heavy (non-hydrogen) atoms. The van der Waals surface area contributed by atoms with E-state index >= 15 is 0 Å².